The van der Waals surface area contributed by atoms with Gasteiger partial charge in [0.2, 0.25) is 0 Å². The Morgan fingerprint density at radius 1 is 0.897 bits per heavy atom. The van der Waals surface area contributed by atoms with E-state index in [-0.39, 0.29) is 5.69 Å². The molecule has 0 fully saturated rings. The number of nitro groups is 1. The number of aryl methyl sites for hydroxylation is 2. The minimum Gasteiger partial charge on any atom is -0.339 e. The van der Waals surface area contributed by atoms with Gasteiger partial charge in [0.15, 0.2) is 16.6 Å². The summed E-state index contributed by atoms with van der Waals surface area (Å²) in [6.45, 7) is 5.78. The number of nitrogens with one attached hydrogen (secondary N) is 2. The third kappa shape index (κ3) is 5.41. The number of hydrogen-bond donors (Lipinski definition) is 2. The fraction of sp³-hybridized carbons (Fsp3) is 0.107. The van der Waals surface area contributed by atoms with Crippen molar-refractivity contribution in [1.82, 2.24) is 9.36 Å². The predicted molar refractivity (Wildman–Crippen MR) is 153 cm³/mol. The maximum atomic E-state index is 11.3. The summed E-state index contributed by atoms with van der Waals surface area (Å²) in [5.41, 5.74) is 5.59. The average Bonchev–Trinajstić information content (AvgIpc) is 3.33. The molecule has 0 unspecified atom stereocenters. The molecule has 0 atom stereocenters. The standard InChI is InChI=1S/C28H22N8O2S/c1-16-4-8-19(9-5-16)30-26-23(15-29)18(3)25(27(32-26)31-20-10-6-17(2)7-11-20)33-34-28-22-14-21(36(37)38)12-13-24(22)35-39-28/h4-14H,1-3H3,(H2,30,31,32). The number of pyridine rings is 1. The minimum absolute atomic E-state index is 0.0583. The van der Waals surface area contributed by atoms with E-state index in [4.69, 9.17) is 4.98 Å². The molecular formula is C28H22N8O2S. The topological polar surface area (TPSA) is 141 Å². The number of rotatable bonds is 7. The number of aromatic nitrogens is 2. The largest absolute Gasteiger partial charge is 0.339 e. The van der Waals surface area contributed by atoms with E-state index in [2.05, 4.69) is 31.3 Å². The van der Waals surface area contributed by atoms with Gasteiger partial charge in [-0.05, 0) is 62.6 Å². The number of nitro benzene ring substituents is 1. The summed E-state index contributed by atoms with van der Waals surface area (Å²) in [5.74, 6) is 0.778. The number of benzene rings is 3. The van der Waals surface area contributed by atoms with Gasteiger partial charge in [0.1, 0.15) is 11.8 Å². The van der Waals surface area contributed by atoms with Gasteiger partial charge in [-0.3, -0.25) is 10.1 Å². The summed E-state index contributed by atoms with van der Waals surface area (Å²) in [6.07, 6.45) is 0. The highest BCUT2D eigenvalue weighted by molar-refractivity contribution is 7.11. The van der Waals surface area contributed by atoms with Crippen molar-refractivity contribution < 1.29 is 4.92 Å². The highest BCUT2D eigenvalue weighted by atomic mass is 32.1. The monoisotopic (exact) mass is 534 g/mol. The summed E-state index contributed by atoms with van der Waals surface area (Å²) in [7, 11) is 0. The van der Waals surface area contributed by atoms with E-state index >= 15 is 0 Å². The van der Waals surface area contributed by atoms with Crippen LogP contribution in [0.25, 0.3) is 10.9 Å². The SMILES string of the molecule is Cc1ccc(Nc2nc(Nc3ccc(C)cc3)c(N=Nc3snc4ccc([N+](=O)[O-])cc34)c(C)c2C#N)cc1. The lowest BCUT2D eigenvalue weighted by molar-refractivity contribution is -0.384. The minimum atomic E-state index is -0.464. The Balaban J connectivity index is 1.61. The zero-order valence-electron chi connectivity index (χ0n) is 21.3. The maximum absolute atomic E-state index is 11.3. The molecule has 0 aliphatic heterocycles. The van der Waals surface area contributed by atoms with Crippen LogP contribution >= 0.6 is 11.5 Å². The molecule has 5 rings (SSSR count). The van der Waals surface area contributed by atoms with Crippen LogP contribution in [0.4, 0.5) is 39.4 Å². The molecule has 2 heterocycles. The smallest absolute Gasteiger partial charge is 0.270 e. The number of non-ortho nitro benzene ring substituents is 1. The quantitative estimate of drug-likeness (QED) is 0.121. The van der Waals surface area contributed by atoms with Gasteiger partial charge in [-0.15, -0.1) is 10.2 Å². The van der Waals surface area contributed by atoms with E-state index in [0.717, 1.165) is 34.0 Å². The molecule has 5 aromatic rings. The molecule has 192 valence electrons. The van der Waals surface area contributed by atoms with Gasteiger partial charge in [-0.1, -0.05) is 35.4 Å². The molecule has 39 heavy (non-hydrogen) atoms. The molecule has 0 amide bonds. The van der Waals surface area contributed by atoms with Crippen LogP contribution in [0.15, 0.2) is 77.0 Å². The Hall–Kier alpha value is -5.21. The molecule has 3 aromatic carbocycles. The third-order valence-electron chi connectivity index (χ3n) is 6.05. The van der Waals surface area contributed by atoms with Crippen LogP contribution in [0, 0.1) is 42.2 Å². The van der Waals surface area contributed by atoms with Crippen molar-refractivity contribution in [3.05, 3.63) is 99.1 Å². The summed E-state index contributed by atoms with van der Waals surface area (Å²) >= 11 is 1.08. The molecule has 11 heteroatoms. The molecule has 2 aromatic heterocycles. The molecule has 0 aliphatic carbocycles. The molecule has 0 radical (unpaired) electrons. The Labute approximate surface area is 228 Å². The zero-order valence-corrected chi connectivity index (χ0v) is 22.1. The lowest BCUT2D eigenvalue weighted by atomic mass is 10.1. The first-order valence-corrected chi connectivity index (χ1v) is 12.7. The number of anilines is 4. The van der Waals surface area contributed by atoms with Crippen LogP contribution in [0.3, 0.4) is 0 Å². The Morgan fingerprint density at radius 2 is 1.51 bits per heavy atom. The Kier molecular flexibility index (Phi) is 6.94. The maximum Gasteiger partial charge on any atom is 0.270 e. The van der Waals surface area contributed by atoms with Crippen molar-refractivity contribution in [1.29, 1.82) is 5.26 Å². The lowest BCUT2D eigenvalue weighted by Gasteiger charge is -2.16. The van der Waals surface area contributed by atoms with Crippen LogP contribution in [0.1, 0.15) is 22.3 Å². The molecule has 0 spiro atoms. The van der Waals surface area contributed by atoms with Gasteiger partial charge >= 0.3 is 0 Å². The first-order chi connectivity index (χ1) is 18.8. The zero-order chi connectivity index (χ0) is 27.5. The van der Waals surface area contributed by atoms with Gasteiger partial charge in [0, 0.05) is 34.5 Å². The molecule has 0 aliphatic rings. The van der Waals surface area contributed by atoms with Crippen LogP contribution in [-0.4, -0.2) is 14.3 Å². The molecule has 2 N–H and O–H groups in total. The molecule has 10 nitrogen and oxygen atoms in total. The fourth-order valence-electron chi connectivity index (χ4n) is 3.88. The summed E-state index contributed by atoms with van der Waals surface area (Å²) in [4.78, 5) is 15.5. The van der Waals surface area contributed by atoms with E-state index in [1.54, 1.807) is 13.0 Å². The van der Waals surface area contributed by atoms with E-state index in [9.17, 15) is 15.4 Å². The van der Waals surface area contributed by atoms with Crippen LogP contribution in [0.2, 0.25) is 0 Å². The van der Waals surface area contributed by atoms with Crippen molar-refractivity contribution in [3.8, 4) is 6.07 Å². The van der Waals surface area contributed by atoms with E-state index in [1.807, 2.05) is 62.4 Å². The Morgan fingerprint density at radius 3 is 2.10 bits per heavy atom. The molecule has 0 saturated heterocycles. The normalized spacial score (nSPS) is 11.0. The molecule has 0 bridgehead atoms. The second-order valence-electron chi connectivity index (χ2n) is 8.90. The van der Waals surface area contributed by atoms with E-state index in [1.165, 1.54) is 12.1 Å². The first-order valence-electron chi connectivity index (χ1n) is 11.9. The number of nitrogens with zero attached hydrogens (tertiary/aromatic N) is 6. The highest BCUT2D eigenvalue weighted by Crippen LogP contribution is 2.39. The fourth-order valence-corrected chi connectivity index (χ4v) is 4.56. The van der Waals surface area contributed by atoms with E-state index in [0.29, 0.717) is 44.4 Å². The van der Waals surface area contributed by atoms with Gasteiger partial charge in [-0.2, -0.15) is 9.64 Å². The lowest BCUT2D eigenvalue weighted by Crippen LogP contribution is -2.04. The number of fused-ring (bicyclic) bond motifs is 1. The van der Waals surface area contributed by atoms with Crippen LogP contribution < -0.4 is 10.6 Å². The van der Waals surface area contributed by atoms with E-state index < -0.39 is 4.92 Å². The van der Waals surface area contributed by atoms with Crippen molar-refractivity contribution in [2.75, 3.05) is 10.6 Å². The highest BCUT2D eigenvalue weighted by Gasteiger charge is 2.19. The van der Waals surface area contributed by atoms with Crippen molar-refractivity contribution in [2.24, 2.45) is 10.2 Å². The summed E-state index contributed by atoms with van der Waals surface area (Å²) in [5, 5.41) is 37.7. The second kappa shape index (κ2) is 10.6. The van der Waals surface area contributed by atoms with Crippen molar-refractivity contribution >= 4 is 61.8 Å². The number of hydrogen-bond acceptors (Lipinski definition) is 10. The average molecular weight is 535 g/mol. The van der Waals surface area contributed by atoms with Gasteiger partial charge in [0.05, 0.1) is 16.0 Å². The van der Waals surface area contributed by atoms with Gasteiger partial charge < -0.3 is 10.6 Å². The van der Waals surface area contributed by atoms with Gasteiger partial charge in [0.25, 0.3) is 5.69 Å². The predicted octanol–water partition coefficient (Wildman–Crippen LogP) is 8.30. The Bertz CT molecular complexity index is 1770. The molecular weight excluding hydrogens is 512 g/mol. The third-order valence-corrected chi connectivity index (χ3v) is 6.81. The first kappa shape index (κ1) is 25.4. The van der Waals surface area contributed by atoms with Crippen molar-refractivity contribution in [2.45, 2.75) is 20.8 Å². The second-order valence-corrected chi connectivity index (χ2v) is 9.65. The number of nitriles is 1. The molecule has 0 saturated carbocycles. The van der Waals surface area contributed by atoms with Crippen LogP contribution in [0.5, 0.6) is 0 Å². The van der Waals surface area contributed by atoms with Crippen LogP contribution in [-0.2, 0) is 0 Å². The number of azo groups is 1. The van der Waals surface area contributed by atoms with Gasteiger partial charge in [-0.25, -0.2) is 4.98 Å². The summed E-state index contributed by atoms with van der Waals surface area (Å²) in [6, 6.07) is 22.2. The summed E-state index contributed by atoms with van der Waals surface area (Å²) < 4.78 is 4.32. The van der Waals surface area contributed by atoms with Crippen molar-refractivity contribution in [3.63, 3.8) is 0 Å².